The molecule has 2 amide bonds. The largest absolute Gasteiger partial charge is 0.457 e. The molecule has 3 saturated heterocycles. The first kappa shape index (κ1) is 17.8. The van der Waals surface area contributed by atoms with Crippen molar-refractivity contribution in [3.63, 3.8) is 0 Å². The average Bonchev–Trinajstić information content (AvgIpc) is 3.08. The number of rotatable bonds is 3. The highest BCUT2D eigenvalue weighted by atomic mass is 16.8. The lowest BCUT2D eigenvalue weighted by atomic mass is 9.87. The van der Waals surface area contributed by atoms with E-state index < -0.39 is 53.9 Å². The van der Waals surface area contributed by atoms with Crippen LogP contribution in [0.15, 0.2) is 12.7 Å². The summed E-state index contributed by atoms with van der Waals surface area (Å²) in [5.74, 6) is -2.00. The van der Waals surface area contributed by atoms with Crippen molar-refractivity contribution in [2.24, 2.45) is 0 Å². The molecule has 0 bridgehead atoms. The first-order valence-corrected chi connectivity index (χ1v) is 7.91. The summed E-state index contributed by atoms with van der Waals surface area (Å²) in [6.07, 6.45) is -2.77. The van der Waals surface area contributed by atoms with Gasteiger partial charge in [-0.1, -0.05) is 6.08 Å². The van der Waals surface area contributed by atoms with Gasteiger partial charge in [0.1, 0.15) is 18.2 Å². The smallest absolute Gasteiger partial charge is 0.417 e. The molecule has 0 saturated carbocycles. The molecule has 9 nitrogen and oxygen atoms in total. The minimum Gasteiger partial charge on any atom is -0.457 e. The van der Waals surface area contributed by atoms with Crippen LogP contribution in [0.1, 0.15) is 27.7 Å². The van der Waals surface area contributed by atoms with E-state index in [1.165, 1.54) is 19.9 Å². The highest BCUT2D eigenvalue weighted by molar-refractivity contribution is 5.93. The number of hydrogen-bond acceptors (Lipinski definition) is 8. The van der Waals surface area contributed by atoms with Crippen molar-refractivity contribution in [2.45, 2.75) is 63.6 Å². The minimum atomic E-state index is -1.33. The molecule has 0 aromatic rings. The van der Waals surface area contributed by atoms with Crippen LogP contribution in [-0.4, -0.2) is 65.4 Å². The predicted molar refractivity (Wildman–Crippen MR) is 81.0 cm³/mol. The zero-order valence-electron chi connectivity index (χ0n) is 14.5. The Morgan fingerprint density at radius 3 is 2.56 bits per heavy atom. The fourth-order valence-electron chi connectivity index (χ4n) is 3.58. The zero-order valence-corrected chi connectivity index (χ0v) is 14.5. The van der Waals surface area contributed by atoms with Crippen molar-refractivity contribution < 1.29 is 38.1 Å². The summed E-state index contributed by atoms with van der Waals surface area (Å²) in [4.78, 5) is 36.6. The molecule has 2 unspecified atom stereocenters. The van der Waals surface area contributed by atoms with Gasteiger partial charge in [-0.25, -0.2) is 9.69 Å². The summed E-state index contributed by atoms with van der Waals surface area (Å²) in [7, 11) is 0. The molecule has 25 heavy (non-hydrogen) atoms. The Balaban J connectivity index is 1.99. The minimum absolute atomic E-state index is 0.166. The van der Waals surface area contributed by atoms with Gasteiger partial charge in [0.15, 0.2) is 24.3 Å². The number of fused-ring (bicyclic) bond motifs is 1. The second kappa shape index (κ2) is 5.79. The van der Waals surface area contributed by atoms with Crippen LogP contribution >= 0.6 is 0 Å². The predicted octanol–water partition coefficient (Wildman–Crippen LogP) is 0.718. The molecule has 9 heteroatoms. The third kappa shape index (κ3) is 2.72. The van der Waals surface area contributed by atoms with Crippen LogP contribution < -0.4 is 0 Å². The van der Waals surface area contributed by atoms with Crippen LogP contribution in [0.3, 0.4) is 0 Å². The first-order chi connectivity index (χ1) is 11.6. The highest BCUT2D eigenvalue weighted by Gasteiger charge is 2.66. The first-order valence-electron chi connectivity index (χ1n) is 7.91. The average molecular weight is 355 g/mol. The van der Waals surface area contributed by atoms with E-state index in [2.05, 4.69) is 6.58 Å². The summed E-state index contributed by atoms with van der Waals surface area (Å²) in [6.45, 7) is 9.48. The van der Waals surface area contributed by atoms with Crippen LogP contribution in [0, 0.1) is 0 Å². The van der Waals surface area contributed by atoms with Gasteiger partial charge in [0.25, 0.3) is 0 Å². The maximum absolute atomic E-state index is 12.0. The number of hydrogen-bond donors (Lipinski definition) is 0. The molecule has 0 aromatic carbocycles. The van der Waals surface area contributed by atoms with Gasteiger partial charge >= 0.3 is 12.1 Å². The molecular formula is C16H21NO8. The lowest BCUT2D eigenvalue weighted by molar-refractivity contribution is -0.228. The number of ether oxygens (including phenoxy) is 5. The molecule has 3 heterocycles. The Labute approximate surface area is 144 Å². The molecular weight excluding hydrogens is 334 g/mol. The quantitative estimate of drug-likeness (QED) is 0.539. The lowest BCUT2D eigenvalue weighted by Gasteiger charge is -2.38. The molecule has 3 rings (SSSR count). The maximum Gasteiger partial charge on any atom is 0.417 e. The number of amides is 2. The normalized spacial score (nSPS) is 39.0. The van der Waals surface area contributed by atoms with Crippen LogP contribution in [0.5, 0.6) is 0 Å². The van der Waals surface area contributed by atoms with E-state index in [0.717, 1.165) is 4.90 Å². The van der Waals surface area contributed by atoms with E-state index in [1.807, 2.05) is 0 Å². The number of nitrogens with zero attached hydrogens (tertiary/aromatic N) is 1. The van der Waals surface area contributed by atoms with Gasteiger partial charge in [-0.05, 0) is 13.8 Å². The van der Waals surface area contributed by atoms with Crippen molar-refractivity contribution in [1.29, 1.82) is 0 Å². The fourth-order valence-corrected chi connectivity index (χ4v) is 3.58. The monoisotopic (exact) mass is 355 g/mol. The molecule has 0 radical (unpaired) electrons. The highest BCUT2D eigenvalue weighted by Crippen LogP contribution is 2.45. The van der Waals surface area contributed by atoms with E-state index in [0.29, 0.717) is 0 Å². The van der Waals surface area contributed by atoms with E-state index in [-0.39, 0.29) is 6.61 Å². The van der Waals surface area contributed by atoms with Crippen molar-refractivity contribution in [1.82, 2.24) is 4.90 Å². The van der Waals surface area contributed by atoms with Gasteiger partial charge in [0.2, 0.25) is 5.91 Å². The Morgan fingerprint density at radius 1 is 1.32 bits per heavy atom. The van der Waals surface area contributed by atoms with Gasteiger partial charge in [-0.15, -0.1) is 6.58 Å². The standard InChI is InChI=1S/C16H21NO8/c1-6-16(7-21-14(20)17(16)8(2)18)12-10(22-9(3)19)11-13(23-12)25-15(4,5)24-11/h6,10-13H,1,7H2,2-5H3/t10?,11-,12?,13-,16+/m1/s1. The molecule has 0 N–H and O–H groups in total. The Morgan fingerprint density at radius 2 is 2.00 bits per heavy atom. The van der Waals surface area contributed by atoms with Crippen molar-refractivity contribution in [3.05, 3.63) is 12.7 Å². The van der Waals surface area contributed by atoms with E-state index in [9.17, 15) is 14.4 Å². The summed E-state index contributed by atoms with van der Waals surface area (Å²) >= 11 is 0. The maximum atomic E-state index is 12.0. The van der Waals surface area contributed by atoms with Gasteiger partial charge in [-0.2, -0.15) is 0 Å². The SMILES string of the molecule is C=C[C@@]1(C2O[C@@H]3OC(C)(C)O[C@@H]3C2OC(C)=O)COC(=O)N1C(C)=O. The third-order valence-corrected chi connectivity index (χ3v) is 4.48. The lowest BCUT2D eigenvalue weighted by Crippen LogP contribution is -2.60. The molecule has 0 spiro atoms. The van der Waals surface area contributed by atoms with E-state index in [1.54, 1.807) is 13.8 Å². The molecule has 0 aromatic heterocycles. The van der Waals surface area contributed by atoms with Crippen LogP contribution in [0.2, 0.25) is 0 Å². The fraction of sp³-hybridized carbons (Fsp3) is 0.688. The molecule has 138 valence electrons. The molecule has 5 atom stereocenters. The van der Waals surface area contributed by atoms with Crippen LogP contribution in [-0.2, 0) is 33.3 Å². The van der Waals surface area contributed by atoms with Crippen LogP contribution in [0.25, 0.3) is 0 Å². The zero-order chi connectivity index (χ0) is 18.6. The van der Waals surface area contributed by atoms with Crippen molar-refractivity contribution in [2.75, 3.05) is 6.61 Å². The summed E-state index contributed by atoms with van der Waals surface area (Å²) in [6, 6.07) is 0. The summed E-state index contributed by atoms with van der Waals surface area (Å²) in [5.41, 5.74) is -1.33. The molecule has 3 aliphatic heterocycles. The van der Waals surface area contributed by atoms with Gasteiger partial charge in [0, 0.05) is 13.8 Å². The van der Waals surface area contributed by atoms with Crippen molar-refractivity contribution >= 4 is 18.0 Å². The molecule has 0 aliphatic carbocycles. The van der Waals surface area contributed by atoms with Gasteiger partial charge in [0.05, 0.1) is 0 Å². The Kier molecular flexibility index (Phi) is 4.13. The van der Waals surface area contributed by atoms with Gasteiger partial charge in [-0.3, -0.25) is 9.59 Å². The number of carbonyl (C=O) groups excluding carboxylic acids is 3. The second-order valence-electron chi connectivity index (χ2n) is 6.70. The summed E-state index contributed by atoms with van der Waals surface area (Å²) in [5, 5.41) is 0. The second-order valence-corrected chi connectivity index (χ2v) is 6.70. The molecule has 3 fully saturated rings. The molecule has 3 aliphatic rings. The number of imide groups is 1. The summed E-state index contributed by atoms with van der Waals surface area (Å²) < 4.78 is 27.9. The Bertz CT molecular complexity index is 632. The van der Waals surface area contributed by atoms with E-state index >= 15 is 0 Å². The van der Waals surface area contributed by atoms with E-state index in [4.69, 9.17) is 23.7 Å². The number of cyclic esters (lactones) is 1. The van der Waals surface area contributed by atoms with Gasteiger partial charge < -0.3 is 23.7 Å². The van der Waals surface area contributed by atoms with Crippen molar-refractivity contribution in [3.8, 4) is 0 Å². The third-order valence-electron chi connectivity index (χ3n) is 4.48. The van der Waals surface area contributed by atoms with Crippen LogP contribution in [0.4, 0.5) is 4.79 Å². The number of carbonyl (C=O) groups is 3. The Hall–Kier alpha value is -1.97. The number of esters is 1. The topological polar surface area (TPSA) is 101 Å².